The summed E-state index contributed by atoms with van der Waals surface area (Å²) < 4.78 is 8.35. The van der Waals surface area contributed by atoms with Gasteiger partial charge in [0.1, 0.15) is 5.76 Å². The van der Waals surface area contributed by atoms with Crippen LogP contribution in [0.3, 0.4) is 0 Å². The summed E-state index contributed by atoms with van der Waals surface area (Å²) in [5.41, 5.74) is 12.5. The molecular weight excluding hydrogens is 442 g/mol. The maximum atomic E-state index is 13.3. The van der Waals surface area contributed by atoms with Gasteiger partial charge in [-0.25, -0.2) is 10.2 Å². The molecule has 8 nitrogen and oxygen atoms in total. The SMILES string of the molecule is CCn1c2ccccc2c2cc(NC(=O)c3oc4c(c3C)/C(=N\NC(N)=O)CC(C)(C)C4)ccc21. The summed E-state index contributed by atoms with van der Waals surface area (Å²) in [6.45, 7) is 9.01. The predicted octanol–water partition coefficient (Wildman–Crippen LogP) is 5.31. The highest BCUT2D eigenvalue weighted by Gasteiger charge is 2.36. The zero-order chi connectivity index (χ0) is 24.9. The topological polar surface area (TPSA) is 115 Å². The van der Waals surface area contributed by atoms with E-state index in [1.165, 1.54) is 5.52 Å². The summed E-state index contributed by atoms with van der Waals surface area (Å²) in [4.78, 5) is 24.5. The second kappa shape index (κ2) is 8.30. The quantitative estimate of drug-likeness (QED) is 0.350. The van der Waals surface area contributed by atoms with Gasteiger partial charge in [-0.05, 0) is 49.9 Å². The zero-order valence-electron chi connectivity index (χ0n) is 20.4. The Balaban J connectivity index is 1.51. The summed E-state index contributed by atoms with van der Waals surface area (Å²) in [5, 5.41) is 9.45. The van der Waals surface area contributed by atoms with Gasteiger partial charge >= 0.3 is 6.03 Å². The summed E-state index contributed by atoms with van der Waals surface area (Å²) in [5.74, 6) is 0.612. The molecule has 8 heteroatoms. The molecule has 0 fully saturated rings. The van der Waals surface area contributed by atoms with Gasteiger partial charge in [-0.1, -0.05) is 32.0 Å². The lowest BCUT2D eigenvalue weighted by Gasteiger charge is -2.29. The minimum atomic E-state index is -0.735. The number of fused-ring (bicyclic) bond motifs is 4. The number of hydrogen-bond donors (Lipinski definition) is 3. The molecule has 0 saturated heterocycles. The molecule has 0 atom stereocenters. The number of nitrogens with two attached hydrogens (primary N) is 1. The maximum absolute atomic E-state index is 13.3. The second-order valence-corrected chi connectivity index (χ2v) is 9.85. The molecule has 2 heterocycles. The van der Waals surface area contributed by atoms with Crippen molar-refractivity contribution in [2.45, 2.75) is 47.1 Å². The van der Waals surface area contributed by atoms with E-state index in [1.54, 1.807) is 0 Å². The van der Waals surface area contributed by atoms with Gasteiger partial charge in [0.15, 0.2) is 5.76 Å². The normalized spacial score (nSPS) is 15.9. The number of nitrogens with zero attached hydrogens (tertiary/aromatic N) is 2. The molecule has 0 bridgehead atoms. The number of aromatic nitrogens is 1. The molecule has 180 valence electrons. The third-order valence-corrected chi connectivity index (χ3v) is 6.65. The van der Waals surface area contributed by atoms with Gasteiger partial charge in [-0.3, -0.25) is 4.79 Å². The highest BCUT2D eigenvalue weighted by molar-refractivity contribution is 6.12. The van der Waals surface area contributed by atoms with Crippen LogP contribution in [0.15, 0.2) is 52.0 Å². The Bertz CT molecular complexity index is 1520. The average molecular weight is 472 g/mol. The van der Waals surface area contributed by atoms with Crippen LogP contribution in [0.5, 0.6) is 0 Å². The third kappa shape index (κ3) is 3.95. The molecule has 0 saturated carbocycles. The number of rotatable bonds is 4. The highest BCUT2D eigenvalue weighted by atomic mass is 16.4. The first kappa shape index (κ1) is 22.7. The number of aryl methyl sites for hydroxylation is 1. The molecular formula is C27H29N5O3. The number of nitrogens with one attached hydrogen (secondary N) is 2. The van der Waals surface area contributed by atoms with Crippen molar-refractivity contribution in [3.8, 4) is 0 Å². The van der Waals surface area contributed by atoms with E-state index in [-0.39, 0.29) is 17.1 Å². The van der Waals surface area contributed by atoms with Crippen LogP contribution in [0.25, 0.3) is 21.8 Å². The van der Waals surface area contributed by atoms with Crippen molar-refractivity contribution in [1.29, 1.82) is 0 Å². The van der Waals surface area contributed by atoms with E-state index >= 15 is 0 Å². The number of urea groups is 1. The first-order valence-corrected chi connectivity index (χ1v) is 11.8. The molecule has 2 aromatic heterocycles. The van der Waals surface area contributed by atoms with Gasteiger partial charge in [-0.2, -0.15) is 5.10 Å². The van der Waals surface area contributed by atoms with E-state index in [4.69, 9.17) is 10.2 Å². The van der Waals surface area contributed by atoms with Gasteiger partial charge in [0.25, 0.3) is 5.91 Å². The summed E-state index contributed by atoms with van der Waals surface area (Å²) in [6, 6.07) is 13.5. The highest BCUT2D eigenvalue weighted by Crippen LogP contribution is 2.39. The first-order chi connectivity index (χ1) is 16.7. The number of primary amides is 1. The number of anilines is 1. The van der Waals surface area contributed by atoms with Crippen LogP contribution in [-0.4, -0.2) is 22.2 Å². The Morgan fingerprint density at radius 3 is 2.60 bits per heavy atom. The lowest BCUT2D eigenvalue weighted by atomic mass is 9.75. The van der Waals surface area contributed by atoms with Gasteiger partial charge in [0.05, 0.1) is 5.71 Å². The van der Waals surface area contributed by atoms with E-state index in [0.717, 1.165) is 28.4 Å². The summed E-state index contributed by atoms with van der Waals surface area (Å²) >= 11 is 0. The van der Waals surface area contributed by atoms with Gasteiger partial charge < -0.3 is 20.0 Å². The molecule has 0 spiro atoms. The largest absolute Gasteiger partial charge is 0.455 e. The van der Waals surface area contributed by atoms with Crippen molar-refractivity contribution in [3.63, 3.8) is 0 Å². The van der Waals surface area contributed by atoms with Gasteiger partial charge in [0, 0.05) is 51.6 Å². The number of benzene rings is 2. The fraction of sp³-hybridized carbons (Fsp3) is 0.296. The lowest BCUT2D eigenvalue weighted by Crippen LogP contribution is -2.31. The fourth-order valence-electron chi connectivity index (χ4n) is 5.21. The van der Waals surface area contributed by atoms with Crippen molar-refractivity contribution in [1.82, 2.24) is 9.99 Å². The molecule has 2 aromatic carbocycles. The molecule has 4 aromatic rings. The Morgan fingerprint density at radius 1 is 1.11 bits per heavy atom. The number of para-hydroxylation sites is 1. The number of hydrogen-bond acceptors (Lipinski definition) is 4. The van der Waals surface area contributed by atoms with E-state index < -0.39 is 6.03 Å². The smallest absolute Gasteiger partial charge is 0.332 e. The van der Waals surface area contributed by atoms with Crippen molar-refractivity contribution in [2.24, 2.45) is 16.3 Å². The minimum absolute atomic E-state index is 0.137. The Morgan fingerprint density at radius 2 is 1.86 bits per heavy atom. The average Bonchev–Trinajstić information content (AvgIpc) is 3.30. The minimum Gasteiger partial charge on any atom is -0.455 e. The van der Waals surface area contributed by atoms with E-state index in [0.29, 0.717) is 35.6 Å². The van der Waals surface area contributed by atoms with Crippen LogP contribution < -0.4 is 16.5 Å². The van der Waals surface area contributed by atoms with E-state index in [1.807, 2.05) is 37.3 Å². The van der Waals surface area contributed by atoms with Crippen LogP contribution in [0, 0.1) is 12.3 Å². The molecule has 0 unspecified atom stereocenters. The van der Waals surface area contributed by atoms with E-state index in [9.17, 15) is 9.59 Å². The van der Waals surface area contributed by atoms with Crippen molar-refractivity contribution >= 4 is 45.1 Å². The predicted molar refractivity (Wildman–Crippen MR) is 138 cm³/mol. The van der Waals surface area contributed by atoms with Crippen molar-refractivity contribution in [2.75, 3.05) is 5.32 Å². The Kier molecular flexibility index (Phi) is 5.39. The fourth-order valence-corrected chi connectivity index (χ4v) is 5.21. The number of hydrazone groups is 1. The van der Waals surface area contributed by atoms with Crippen LogP contribution in [0.1, 0.15) is 54.6 Å². The standard InChI is InChI=1S/C27H29N5O3/c1-5-32-20-9-7-6-8-17(20)18-12-16(10-11-21(18)32)29-25(33)24-15(2)23-19(30-31-26(28)34)13-27(3,4)14-22(23)35-24/h6-12H,5,13-14H2,1-4H3,(H,29,33)(H3,28,31,34)/b30-19-. The molecule has 35 heavy (non-hydrogen) atoms. The monoisotopic (exact) mass is 471 g/mol. The van der Waals surface area contributed by atoms with Crippen LogP contribution >= 0.6 is 0 Å². The van der Waals surface area contributed by atoms with Gasteiger partial charge in [0.2, 0.25) is 0 Å². The molecule has 1 aliphatic rings. The summed E-state index contributed by atoms with van der Waals surface area (Å²) in [6.07, 6.45) is 1.29. The second-order valence-electron chi connectivity index (χ2n) is 9.85. The lowest BCUT2D eigenvalue weighted by molar-refractivity contribution is 0.0993. The summed E-state index contributed by atoms with van der Waals surface area (Å²) in [7, 11) is 0. The van der Waals surface area contributed by atoms with Crippen molar-refractivity contribution in [3.05, 3.63) is 65.1 Å². The van der Waals surface area contributed by atoms with Crippen LogP contribution in [0.4, 0.5) is 10.5 Å². The molecule has 5 rings (SSSR count). The molecule has 4 N–H and O–H groups in total. The van der Waals surface area contributed by atoms with Crippen LogP contribution in [0.2, 0.25) is 0 Å². The maximum Gasteiger partial charge on any atom is 0.332 e. The Labute approximate surface area is 203 Å². The first-order valence-electron chi connectivity index (χ1n) is 11.8. The van der Waals surface area contributed by atoms with Crippen molar-refractivity contribution < 1.29 is 14.0 Å². The molecule has 3 amide bonds. The zero-order valence-corrected chi connectivity index (χ0v) is 20.4. The number of amides is 3. The Hall–Kier alpha value is -4.07. The van der Waals surface area contributed by atoms with Crippen LogP contribution in [-0.2, 0) is 13.0 Å². The van der Waals surface area contributed by atoms with Gasteiger partial charge in [-0.15, -0.1) is 0 Å². The number of furan rings is 1. The number of carbonyl (C=O) groups excluding carboxylic acids is 2. The molecule has 1 aliphatic carbocycles. The third-order valence-electron chi connectivity index (χ3n) is 6.65. The van der Waals surface area contributed by atoms with E-state index in [2.05, 4.69) is 53.3 Å². The molecule has 0 aliphatic heterocycles. The molecule has 0 radical (unpaired) electrons. The number of carbonyl (C=O) groups is 2.